The lowest BCUT2D eigenvalue weighted by atomic mass is 9.72. The van der Waals surface area contributed by atoms with Gasteiger partial charge in [0, 0.05) is 12.1 Å². The summed E-state index contributed by atoms with van der Waals surface area (Å²) < 4.78 is 14.5. The van der Waals surface area contributed by atoms with Gasteiger partial charge in [-0.25, -0.2) is 4.39 Å². The molecule has 0 aromatic heterocycles. The number of anilines is 1. The first kappa shape index (κ1) is 18.7. The third kappa shape index (κ3) is 3.32. The van der Waals surface area contributed by atoms with Crippen LogP contribution in [0.3, 0.4) is 0 Å². The van der Waals surface area contributed by atoms with Gasteiger partial charge in [-0.1, -0.05) is 60.2 Å². The maximum atomic E-state index is 14.5. The van der Waals surface area contributed by atoms with Crippen molar-refractivity contribution in [3.63, 3.8) is 0 Å². The van der Waals surface area contributed by atoms with E-state index in [1.807, 2.05) is 30.3 Å². The van der Waals surface area contributed by atoms with Crippen LogP contribution in [0.15, 0.2) is 77.8 Å². The van der Waals surface area contributed by atoms with Gasteiger partial charge in [0.2, 0.25) is 0 Å². The van der Waals surface area contributed by atoms with Crippen LogP contribution in [-0.2, 0) is 4.79 Å². The molecular weight excluding hydrogens is 375 g/mol. The zero-order valence-electron chi connectivity index (χ0n) is 16.8. The predicted octanol–water partition coefficient (Wildman–Crippen LogP) is 6.14. The number of ketones is 1. The highest BCUT2D eigenvalue weighted by Crippen LogP contribution is 2.44. The Kier molecular flexibility index (Phi) is 4.70. The van der Waals surface area contributed by atoms with E-state index in [-0.39, 0.29) is 29.5 Å². The molecule has 3 aromatic carbocycles. The summed E-state index contributed by atoms with van der Waals surface area (Å²) >= 11 is 0. The van der Waals surface area contributed by atoms with Crippen LogP contribution >= 0.6 is 0 Å². The second-order valence-corrected chi connectivity index (χ2v) is 8.22. The van der Waals surface area contributed by atoms with Gasteiger partial charge in [-0.15, -0.1) is 0 Å². The summed E-state index contributed by atoms with van der Waals surface area (Å²) in [4.78, 5) is 18.4. The summed E-state index contributed by atoms with van der Waals surface area (Å²) in [5.74, 6) is -0.684. The Morgan fingerprint density at radius 3 is 2.47 bits per heavy atom. The molecule has 1 heterocycles. The van der Waals surface area contributed by atoms with E-state index in [9.17, 15) is 9.18 Å². The first-order chi connectivity index (χ1) is 14.6. The van der Waals surface area contributed by atoms with E-state index in [2.05, 4.69) is 36.5 Å². The molecule has 0 unspecified atom stereocenters. The number of hydrogen-bond acceptors (Lipinski definition) is 3. The molecule has 150 valence electrons. The lowest BCUT2D eigenvalue weighted by Crippen LogP contribution is -2.38. The fourth-order valence-electron chi connectivity index (χ4n) is 4.68. The van der Waals surface area contributed by atoms with Gasteiger partial charge in [-0.05, 0) is 48.6 Å². The number of benzene rings is 3. The molecule has 3 nitrogen and oxygen atoms in total. The monoisotopic (exact) mass is 398 g/mol. The molecule has 0 spiro atoms. The zero-order chi connectivity index (χ0) is 20.7. The number of nitrogens with one attached hydrogen (secondary N) is 1. The summed E-state index contributed by atoms with van der Waals surface area (Å²) in [5, 5.41) is 3.58. The number of nitrogens with zero attached hydrogens (tertiary/aromatic N) is 1. The number of aryl methyl sites for hydroxylation is 1. The van der Waals surface area contributed by atoms with Crippen molar-refractivity contribution >= 4 is 22.9 Å². The summed E-state index contributed by atoms with van der Waals surface area (Å²) in [5.41, 5.74) is 5.42. The molecule has 0 radical (unpaired) electrons. The number of halogens is 1. The standard InChI is InChI=1S/C26H23FN2O/c1-16-10-12-17(13-11-16)26-25-23(28-21-8-4-5-9-22(21)29-26)14-18(15-24(25)30)19-6-2-3-7-20(19)27/h2-13,18,25-26,29H,14-15H2,1H3/t18-,25+,26+/m1/s1. The highest BCUT2D eigenvalue weighted by molar-refractivity contribution is 6.10. The molecule has 1 fully saturated rings. The van der Waals surface area contributed by atoms with Gasteiger partial charge in [0.05, 0.1) is 23.3 Å². The largest absolute Gasteiger partial charge is 0.375 e. The molecule has 4 heteroatoms. The smallest absolute Gasteiger partial charge is 0.144 e. The van der Waals surface area contributed by atoms with Gasteiger partial charge < -0.3 is 5.32 Å². The van der Waals surface area contributed by atoms with Gasteiger partial charge >= 0.3 is 0 Å². The van der Waals surface area contributed by atoms with Crippen molar-refractivity contribution in [1.82, 2.24) is 0 Å². The fourth-order valence-corrected chi connectivity index (χ4v) is 4.68. The van der Waals surface area contributed by atoms with E-state index < -0.39 is 0 Å². The molecule has 1 saturated carbocycles. The number of carbonyl (C=O) groups excluding carboxylic acids is 1. The van der Waals surface area contributed by atoms with Gasteiger partial charge in [0.15, 0.2) is 0 Å². The summed E-state index contributed by atoms with van der Waals surface area (Å²) in [7, 11) is 0. The third-order valence-electron chi connectivity index (χ3n) is 6.20. The van der Waals surface area contributed by atoms with Crippen LogP contribution < -0.4 is 5.32 Å². The normalized spacial score (nSPS) is 22.9. The van der Waals surface area contributed by atoms with Crippen molar-refractivity contribution < 1.29 is 9.18 Å². The maximum Gasteiger partial charge on any atom is 0.144 e. The number of para-hydroxylation sites is 2. The van der Waals surface area contributed by atoms with Crippen LogP contribution in [0.25, 0.3) is 0 Å². The molecule has 0 saturated heterocycles. The average molecular weight is 398 g/mol. The van der Waals surface area contributed by atoms with Crippen LogP contribution in [0.2, 0.25) is 0 Å². The number of aliphatic imine (C=N–C) groups is 1. The van der Waals surface area contributed by atoms with Crippen LogP contribution in [0.5, 0.6) is 0 Å². The summed E-state index contributed by atoms with van der Waals surface area (Å²) in [6, 6.07) is 22.7. The number of Topliss-reactive ketones (excluding diaryl/α,β-unsaturated/α-hetero) is 1. The first-order valence-corrected chi connectivity index (χ1v) is 10.4. The van der Waals surface area contributed by atoms with E-state index in [4.69, 9.17) is 4.99 Å². The van der Waals surface area contributed by atoms with Crippen molar-refractivity contribution in [2.45, 2.75) is 31.7 Å². The minimum atomic E-state index is -0.358. The summed E-state index contributed by atoms with van der Waals surface area (Å²) in [6.07, 6.45) is 0.903. The third-order valence-corrected chi connectivity index (χ3v) is 6.20. The Morgan fingerprint density at radius 2 is 1.67 bits per heavy atom. The van der Waals surface area contributed by atoms with Crippen molar-refractivity contribution in [2.75, 3.05) is 5.32 Å². The average Bonchev–Trinajstić information content (AvgIpc) is 2.91. The Bertz CT molecular complexity index is 1140. The maximum absolute atomic E-state index is 14.5. The molecule has 3 atom stereocenters. The van der Waals surface area contributed by atoms with Crippen molar-refractivity contribution in [2.24, 2.45) is 10.9 Å². The number of rotatable bonds is 2. The molecule has 0 amide bonds. The van der Waals surface area contributed by atoms with E-state index in [0.717, 1.165) is 22.6 Å². The lowest BCUT2D eigenvalue weighted by molar-refractivity contribution is -0.122. The van der Waals surface area contributed by atoms with Crippen LogP contribution in [0.4, 0.5) is 15.8 Å². The van der Waals surface area contributed by atoms with Gasteiger partial charge in [0.1, 0.15) is 11.6 Å². The Hall–Kier alpha value is -3.27. The molecule has 1 aliphatic carbocycles. The van der Waals surface area contributed by atoms with Crippen molar-refractivity contribution in [3.8, 4) is 0 Å². The topological polar surface area (TPSA) is 41.5 Å². The molecule has 3 aromatic rings. The number of hydrogen-bond donors (Lipinski definition) is 1. The summed E-state index contributed by atoms with van der Waals surface area (Å²) in [6.45, 7) is 2.05. The second-order valence-electron chi connectivity index (χ2n) is 8.22. The first-order valence-electron chi connectivity index (χ1n) is 10.4. The Morgan fingerprint density at radius 1 is 0.933 bits per heavy atom. The van der Waals surface area contributed by atoms with E-state index in [1.54, 1.807) is 12.1 Å². The molecule has 5 rings (SSSR count). The lowest BCUT2D eigenvalue weighted by Gasteiger charge is -2.34. The second kappa shape index (κ2) is 7.52. The molecule has 0 bridgehead atoms. The molecular formula is C26H23FN2O. The zero-order valence-corrected chi connectivity index (χ0v) is 16.8. The minimum Gasteiger partial charge on any atom is -0.375 e. The van der Waals surface area contributed by atoms with Crippen LogP contribution in [-0.4, -0.2) is 11.5 Å². The van der Waals surface area contributed by atoms with E-state index in [1.165, 1.54) is 11.6 Å². The highest BCUT2D eigenvalue weighted by Gasteiger charge is 2.42. The molecule has 2 aliphatic rings. The van der Waals surface area contributed by atoms with Gasteiger partial charge in [-0.3, -0.25) is 9.79 Å². The van der Waals surface area contributed by atoms with Gasteiger partial charge in [0.25, 0.3) is 0 Å². The van der Waals surface area contributed by atoms with Crippen LogP contribution in [0.1, 0.15) is 41.5 Å². The fraction of sp³-hybridized carbons (Fsp3) is 0.231. The molecule has 1 N–H and O–H groups in total. The quantitative estimate of drug-likeness (QED) is 0.564. The SMILES string of the molecule is Cc1ccc([C@@H]2Nc3ccccc3N=C3C[C@@H](c4ccccc4F)CC(=O)[C@H]32)cc1. The van der Waals surface area contributed by atoms with Crippen LogP contribution in [0, 0.1) is 18.7 Å². The molecule has 1 aliphatic heterocycles. The highest BCUT2D eigenvalue weighted by atomic mass is 19.1. The van der Waals surface area contributed by atoms with Crippen molar-refractivity contribution in [3.05, 3.63) is 95.3 Å². The number of carbonyl (C=O) groups is 1. The number of fused-ring (bicyclic) bond motifs is 2. The Balaban J connectivity index is 1.60. The molecule has 30 heavy (non-hydrogen) atoms. The predicted molar refractivity (Wildman–Crippen MR) is 118 cm³/mol. The van der Waals surface area contributed by atoms with E-state index >= 15 is 0 Å². The van der Waals surface area contributed by atoms with Gasteiger partial charge in [-0.2, -0.15) is 0 Å². The minimum absolute atomic E-state index is 0.110. The van der Waals surface area contributed by atoms with Crippen molar-refractivity contribution in [1.29, 1.82) is 0 Å². The van der Waals surface area contributed by atoms with E-state index in [0.29, 0.717) is 18.4 Å². The Labute approximate surface area is 175 Å².